The largest absolute Gasteiger partial charge is 0.481 e. The number of nitrogens with zero attached hydrogens (tertiary/aromatic N) is 2. The van der Waals surface area contributed by atoms with E-state index in [1.54, 1.807) is 20.0 Å². The fraction of sp³-hybridized carbons (Fsp3) is 0.643. The van der Waals surface area contributed by atoms with E-state index in [1.807, 2.05) is 6.92 Å². The van der Waals surface area contributed by atoms with Gasteiger partial charge >= 0.3 is 5.97 Å². The highest BCUT2D eigenvalue weighted by Gasteiger charge is 2.44. The van der Waals surface area contributed by atoms with Crippen molar-refractivity contribution < 1.29 is 14.7 Å². The number of aromatic nitrogens is 2. The number of carboxylic acids is 1. The molecular weight excluding hydrogens is 258 g/mol. The molecule has 6 nitrogen and oxygen atoms in total. The number of aliphatic carboxylic acids is 1. The Morgan fingerprint density at radius 1 is 1.50 bits per heavy atom. The van der Waals surface area contributed by atoms with Crippen LogP contribution in [0.25, 0.3) is 0 Å². The molecule has 0 bridgehead atoms. The van der Waals surface area contributed by atoms with Gasteiger partial charge in [-0.05, 0) is 32.8 Å². The van der Waals surface area contributed by atoms with Crippen LogP contribution in [0.1, 0.15) is 48.8 Å². The summed E-state index contributed by atoms with van der Waals surface area (Å²) in [7, 11) is 1.71. The molecule has 2 N–H and O–H groups in total. The number of aryl methyl sites for hydroxylation is 2. The van der Waals surface area contributed by atoms with Crippen LogP contribution in [0.5, 0.6) is 0 Å². The van der Waals surface area contributed by atoms with Crippen LogP contribution < -0.4 is 5.32 Å². The van der Waals surface area contributed by atoms with Gasteiger partial charge in [-0.25, -0.2) is 0 Å². The van der Waals surface area contributed by atoms with E-state index >= 15 is 0 Å². The van der Waals surface area contributed by atoms with E-state index in [-0.39, 0.29) is 11.9 Å². The summed E-state index contributed by atoms with van der Waals surface area (Å²) in [6.07, 6.45) is 3.13. The van der Waals surface area contributed by atoms with Gasteiger partial charge in [-0.2, -0.15) is 5.10 Å². The molecule has 6 heteroatoms. The lowest BCUT2D eigenvalue weighted by Gasteiger charge is -2.38. The average Bonchev–Trinajstić information content (AvgIpc) is 2.71. The molecule has 1 aliphatic carbocycles. The Labute approximate surface area is 118 Å². The van der Waals surface area contributed by atoms with E-state index < -0.39 is 11.4 Å². The number of hydrogen-bond donors (Lipinski definition) is 2. The molecule has 0 aliphatic heterocycles. The lowest BCUT2D eigenvalue weighted by molar-refractivity contribution is -0.151. The van der Waals surface area contributed by atoms with Crippen LogP contribution in [0, 0.1) is 12.3 Å². The minimum Gasteiger partial charge on any atom is -0.481 e. The quantitative estimate of drug-likeness (QED) is 0.878. The normalized spacial score (nSPS) is 26.2. The highest BCUT2D eigenvalue weighted by Crippen LogP contribution is 2.36. The number of amides is 1. The summed E-state index contributed by atoms with van der Waals surface area (Å²) in [6, 6.07) is 1.37. The Morgan fingerprint density at radius 2 is 2.20 bits per heavy atom. The lowest BCUT2D eigenvalue weighted by atomic mass is 9.71. The van der Waals surface area contributed by atoms with Gasteiger partial charge in [0.05, 0.1) is 11.1 Å². The molecule has 0 spiro atoms. The second kappa shape index (κ2) is 5.26. The molecule has 20 heavy (non-hydrogen) atoms. The number of hydrogen-bond acceptors (Lipinski definition) is 3. The van der Waals surface area contributed by atoms with Crippen molar-refractivity contribution in [1.82, 2.24) is 15.1 Å². The van der Waals surface area contributed by atoms with Gasteiger partial charge in [-0.1, -0.05) is 12.8 Å². The summed E-state index contributed by atoms with van der Waals surface area (Å²) in [5.74, 6) is -1.10. The predicted molar refractivity (Wildman–Crippen MR) is 73.4 cm³/mol. The standard InChI is InChI=1S/C14H21N3O3/c1-9-8-10(17(3)16-9)12(18)15-11-6-4-5-7-14(11,2)13(19)20/h8,11H,4-7H2,1-3H3,(H,15,18)(H,19,20). The Balaban J connectivity index is 2.17. The zero-order chi connectivity index (χ0) is 14.9. The Morgan fingerprint density at radius 3 is 2.75 bits per heavy atom. The summed E-state index contributed by atoms with van der Waals surface area (Å²) >= 11 is 0. The third kappa shape index (κ3) is 2.55. The van der Waals surface area contributed by atoms with E-state index in [1.165, 1.54) is 4.68 Å². The van der Waals surface area contributed by atoms with Crippen molar-refractivity contribution in [3.05, 3.63) is 17.5 Å². The molecule has 2 unspecified atom stereocenters. The zero-order valence-electron chi connectivity index (χ0n) is 12.1. The summed E-state index contributed by atoms with van der Waals surface area (Å²) in [6.45, 7) is 3.53. The molecule has 0 saturated heterocycles. The van der Waals surface area contributed by atoms with Gasteiger partial charge in [0.1, 0.15) is 5.69 Å². The smallest absolute Gasteiger partial charge is 0.311 e. The molecule has 1 aromatic rings. The van der Waals surface area contributed by atoms with E-state index in [0.29, 0.717) is 18.5 Å². The van der Waals surface area contributed by atoms with Gasteiger partial charge < -0.3 is 10.4 Å². The van der Waals surface area contributed by atoms with Crippen LogP contribution in [-0.4, -0.2) is 32.8 Å². The number of carbonyl (C=O) groups excluding carboxylic acids is 1. The number of carbonyl (C=O) groups is 2. The molecule has 0 aromatic carbocycles. The van der Waals surface area contributed by atoms with Crippen molar-refractivity contribution in [3.63, 3.8) is 0 Å². The van der Waals surface area contributed by atoms with Crippen LogP contribution >= 0.6 is 0 Å². The molecular formula is C14H21N3O3. The maximum atomic E-state index is 12.3. The van der Waals surface area contributed by atoms with Crippen molar-refractivity contribution in [3.8, 4) is 0 Å². The third-order valence-electron chi connectivity index (χ3n) is 4.24. The number of rotatable bonds is 3. The van der Waals surface area contributed by atoms with Gasteiger partial charge in [0, 0.05) is 13.1 Å². The highest BCUT2D eigenvalue weighted by atomic mass is 16.4. The van der Waals surface area contributed by atoms with E-state index in [0.717, 1.165) is 18.5 Å². The lowest BCUT2D eigenvalue weighted by Crippen LogP contribution is -2.52. The van der Waals surface area contributed by atoms with E-state index in [2.05, 4.69) is 10.4 Å². The second-order valence-electron chi connectivity index (χ2n) is 5.79. The first-order valence-electron chi connectivity index (χ1n) is 6.89. The molecule has 110 valence electrons. The number of carboxylic acid groups (broad SMARTS) is 1. The van der Waals surface area contributed by atoms with E-state index in [9.17, 15) is 14.7 Å². The Bertz CT molecular complexity index is 538. The van der Waals surface area contributed by atoms with Crippen molar-refractivity contribution in [2.24, 2.45) is 12.5 Å². The van der Waals surface area contributed by atoms with Crippen molar-refractivity contribution in [2.45, 2.75) is 45.6 Å². The summed E-state index contributed by atoms with van der Waals surface area (Å²) in [5, 5.41) is 16.5. The fourth-order valence-corrected chi connectivity index (χ4v) is 2.88. The molecule has 0 radical (unpaired) electrons. The molecule has 1 heterocycles. The Hall–Kier alpha value is -1.85. The third-order valence-corrected chi connectivity index (χ3v) is 4.24. The van der Waals surface area contributed by atoms with Gasteiger partial charge in [0.25, 0.3) is 5.91 Å². The van der Waals surface area contributed by atoms with Crippen LogP contribution in [0.15, 0.2) is 6.07 Å². The van der Waals surface area contributed by atoms with Crippen LogP contribution in [0.4, 0.5) is 0 Å². The minimum absolute atomic E-state index is 0.257. The maximum Gasteiger partial charge on any atom is 0.311 e. The van der Waals surface area contributed by atoms with Crippen molar-refractivity contribution >= 4 is 11.9 Å². The predicted octanol–water partition coefficient (Wildman–Crippen LogP) is 1.49. The van der Waals surface area contributed by atoms with E-state index in [4.69, 9.17) is 0 Å². The first kappa shape index (κ1) is 14.6. The fourth-order valence-electron chi connectivity index (χ4n) is 2.88. The highest BCUT2D eigenvalue weighted by molar-refractivity contribution is 5.93. The molecule has 1 saturated carbocycles. The van der Waals surface area contributed by atoms with Gasteiger partial charge in [0.2, 0.25) is 0 Å². The van der Waals surface area contributed by atoms with Crippen LogP contribution in [-0.2, 0) is 11.8 Å². The maximum absolute atomic E-state index is 12.3. The first-order chi connectivity index (χ1) is 9.34. The average molecular weight is 279 g/mol. The molecule has 2 rings (SSSR count). The zero-order valence-corrected chi connectivity index (χ0v) is 12.1. The SMILES string of the molecule is Cc1cc(C(=O)NC2CCCCC2(C)C(=O)O)n(C)n1. The summed E-state index contributed by atoms with van der Waals surface area (Å²) in [4.78, 5) is 23.8. The van der Waals surface area contributed by atoms with Crippen LogP contribution in [0.2, 0.25) is 0 Å². The summed E-state index contributed by atoms with van der Waals surface area (Å²) in [5.41, 5.74) is 0.338. The second-order valence-corrected chi connectivity index (χ2v) is 5.79. The molecule has 1 aliphatic rings. The Kier molecular flexibility index (Phi) is 3.83. The van der Waals surface area contributed by atoms with Gasteiger partial charge in [-0.3, -0.25) is 14.3 Å². The minimum atomic E-state index is -0.887. The first-order valence-corrected chi connectivity index (χ1v) is 6.89. The molecule has 1 fully saturated rings. The van der Waals surface area contributed by atoms with Crippen molar-refractivity contribution in [1.29, 1.82) is 0 Å². The molecule has 2 atom stereocenters. The molecule has 1 amide bonds. The van der Waals surface area contributed by atoms with Gasteiger partial charge in [0.15, 0.2) is 0 Å². The number of nitrogens with one attached hydrogen (secondary N) is 1. The van der Waals surface area contributed by atoms with Gasteiger partial charge in [-0.15, -0.1) is 0 Å². The topological polar surface area (TPSA) is 84.2 Å². The van der Waals surface area contributed by atoms with Crippen LogP contribution in [0.3, 0.4) is 0 Å². The van der Waals surface area contributed by atoms with Crippen molar-refractivity contribution in [2.75, 3.05) is 0 Å². The molecule has 1 aromatic heterocycles. The monoisotopic (exact) mass is 279 g/mol. The summed E-state index contributed by atoms with van der Waals surface area (Å²) < 4.78 is 1.52.